The van der Waals surface area contributed by atoms with Gasteiger partial charge in [0.15, 0.2) is 5.13 Å². The van der Waals surface area contributed by atoms with Crippen molar-refractivity contribution >= 4 is 73.0 Å². The lowest BCUT2D eigenvalue weighted by Crippen LogP contribution is -2.11. The predicted octanol–water partition coefficient (Wildman–Crippen LogP) is 6.76. The molecule has 0 unspecified atom stereocenters. The van der Waals surface area contributed by atoms with Crippen molar-refractivity contribution in [1.29, 1.82) is 0 Å². The summed E-state index contributed by atoms with van der Waals surface area (Å²) in [6.45, 7) is 2.08. The normalized spacial score (nSPS) is 10.9. The van der Waals surface area contributed by atoms with E-state index in [2.05, 4.69) is 10.3 Å². The van der Waals surface area contributed by atoms with Crippen LogP contribution in [0.3, 0.4) is 0 Å². The Bertz CT molecular complexity index is 1270. The predicted molar refractivity (Wildman–Crippen MR) is 123 cm³/mol. The van der Waals surface area contributed by atoms with Crippen molar-refractivity contribution < 1.29 is 14.3 Å². The number of benzene rings is 2. The third-order valence-electron chi connectivity index (χ3n) is 4.20. The number of nitrogens with zero attached hydrogens (tertiary/aromatic N) is 1. The first-order chi connectivity index (χ1) is 14.4. The van der Waals surface area contributed by atoms with Crippen molar-refractivity contribution in [2.24, 2.45) is 0 Å². The van der Waals surface area contributed by atoms with E-state index in [0.717, 1.165) is 15.6 Å². The van der Waals surface area contributed by atoms with Crippen LogP contribution < -0.4 is 5.32 Å². The van der Waals surface area contributed by atoms with E-state index in [-0.39, 0.29) is 11.9 Å². The highest BCUT2D eigenvalue weighted by molar-refractivity contribution is 7.20. The van der Waals surface area contributed by atoms with Crippen LogP contribution in [0.15, 0.2) is 47.8 Å². The van der Waals surface area contributed by atoms with Gasteiger partial charge in [-0.25, -0.2) is 9.78 Å². The van der Waals surface area contributed by atoms with E-state index in [1.54, 1.807) is 37.3 Å². The quantitative estimate of drug-likeness (QED) is 0.323. The molecular formula is C21H14Cl2N2O3S2. The number of carbonyl (C=O) groups excluding carboxylic acids is 2. The fourth-order valence-electron chi connectivity index (χ4n) is 2.78. The number of hydrogen-bond donors (Lipinski definition) is 1. The van der Waals surface area contributed by atoms with Crippen LogP contribution in [0.2, 0.25) is 10.0 Å². The average molecular weight is 477 g/mol. The van der Waals surface area contributed by atoms with Gasteiger partial charge in [0.2, 0.25) is 0 Å². The lowest BCUT2D eigenvalue weighted by Gasteiger charge is -2.02. The number of amides is 1. The molecule has 4 aromatic rings. The minimum atomic E-state index is -0.359. The number of hydrogen-bond acceptors (Lipinski definition) is 6. The summed E-state index contributed by atoms with van der Waals surface area (Å²) in [6.07, 6.45) is 0. The van der Waals surface area contributed by atoms with E-state index >= 15 is 0 Å². The largest absolute Gasteiger partial charge is 0.462 e. The van der Waals surface area contributed by atoms with Crippen molar-refractivity contribution in [2.45, 2.75) is 6.92 Å². The molecule has 0 atom stereocenters. The maximum atomic E-state index is 12.7. The molecule has 0 aliphatic heterocycles. The maximum Gasteiger partial charge on any atom is 0.348 e. The molecule has 2 aromatic heterocycles. The number of anilines is 1. The lowest BCUT2D eigenvalue weighted by atomic mass is 10.1. The first-order valence-corrected chi connectivity index (χ1v) is 11.3. The molecule has 0 aliphatic rings. The second kappa shape index (κ2) is 8.73. The number of thiophene rings is 1. The van der Waals surface area contributed by atoms with Gasteiger partial charge in [-0.1, -0.05) is 29.3 Å². The molecule has 0 spiro atoms. The van der Waals surface area contributed by atoms with Gasteiger partial charge in [-0.15, -0.1) is 22.7 Å². The van der Waals surface area contributed by atoms with E-state index in [1.807, 2.05) is 17.5 Å². The number of carbonyl (C=O) groups is 2. The van der Waals surface area contributed by atoms with Crippen molar-refractivity contribution in [1.82, 2.24) is 4.98 Å². The Morgan fingerprint density at radius 2 is 1.93 bits per heavy atom. The number of rotatable bonds is 5. The summed E-state index contributed by atoms with van der Waals surface area (Å²) >= 11 is 14.7. The highest BCUT2D eigenvalue weighted by Crippen LogP contribution is 2.31. The number of nitrogens with one attached hydrogen (secondary N) is 1. The smallest absolute Gasteiger partial charge is 0.348 e. The summed E-state index contributed by atoms with van der Waals surface area (Å²) in [5.41, 5.74) is 1.98. The minimum Gasteiger partial charge on any atom is -0.462 e. The summed E-state index contributed by atoms with van der Waals surface area (Å²) < 4.78 is 5.94. The third-order valence-corrected chi connectivity index (χ3v) is 6.79. The van der Waals surface area contributed by atoms with Gasteiger partial charge >= 0.3 is 5.97 Å². The number of esters is 1. The Morgan fingerprint density at radius 1 is 1.10 bits per heavy atom. The average Bonchev–Trinajstić information content (AvgIpc) is 3.36. The molecule has 9 heteroatoms. The summed E-state index contributed by atoms with van der Waals surface area (Å²) in [5, 5.41) is 6.84. The molecule has 4 rings (SSSR count). The Morgan fingerprint density at radius 3 is 2.70 bits per heavy atom. The highest BCUT2D eigenvalue weighted by Gasteiger charge is 2.15. The van der Waals surface area contributed by atoms with Crippen molar-refractivity contribution in [3.05, 3.63) is 68.3 Å². The molecule has 5 nitrogen and oxygen atoms in total. The van der Waals surface area contributed by atoms with Gasteiger partial charge in [-0.3, -0.25) is 10.1 Å². The first-order valence-electron chi connectivity index (χ1n) is 8.87. The first kappa shape index (κ1) is 20.8. The van der Waals surface area contributed by atoms with Crippen LogP contribution in [0.5, 0.6) is 0 Å². The van der Waals surface area contributed by atoms with Crippen LogP contribution in [0, 0.1) is 0 Å². The van der Waals surface area contributed by atoms with Gasteiger partial charge in [0.1, 0.15) is 4.88 Å². The van der Waals surface area contributed by atoms with Gasteiger partial charge in [-0.05, 0) is 48.7 Å². The molecule has 0 bridgehead atoms. The van der Waals surface area contributed by atoms with E-state index in [0.29, 0.717) is 37.9 Å². The van der Waals surface area contributed by atoms with Crippen LogP contribution in [-0.2, 0) is 4.74 Å². The van der Waals surface area contributed by atoms with Crippen LogP contribution in [0.25, 0.3) is 21.3 Å². The van der Waals surface area contributed by atoms with Crippen LogP contribution >= 0.6 is 45.9 Å². The Hall–Kier alpha value is -2.45. The zero-order valence-electron chi connectivity index (χ0n) is 15.6. The van der Waals surface area contributed by atoms with Crippen molar-refractivity contribution in [3.63, 3.8) is 0 Å². The second-order valence-electron chi connectivity index (χ2n) is 6.20. The molecule has 0 fully saturated rings. The monoisotopic (exact) mass is 476 g/mol. The van der Waals surface area contributed by atoms with Gasteiger partial charge in [-0.2, -0.15) is 0 Å². The summed E-state index contributed by atoms with van der Waals surface area (Å²) in [5.74, 6) is -0.641. The third kappa shape index (κ3) is 4.34. The SMILES string of the molecule is CCOC(=O)c1cc2cc(C(=O)Nc3nc(-c4ccc(Cl)c(Cl)c4)cs3)ccc2s1. The topological polar surface area (TPSA) is 68.3 Å². The van der Waals surface area contributed by atoms with E-state index < -0.39 is 0 Å². The Balaban J connectivity index is 1.52. The van der Waals surface area contributed by atoms with Crippen LogP contribution in [0.4, 0.5) is 5.13 Å². The van der Waals surface area contributed by atoms with Crippen LogP contribution in [0.1, 0.15) is 27.0 Å². The Kier molecular flexibility index (Phi) is 6.06. The van der Waals surface area contributed by atoms with E-state index in [4.69, 9.17) is 27.9 Å². The zero-order valence-corrected chi connectivity index (χ0v) is 18.7. The standard InChI is InChI=1S/C21H14Cl2N2O3S2/c1-2-28-20(27)18-9-13-7-12(4-6-17(13)30-18)19(26)25-21-24-16(10-29-21)11-3-5-14(22)15(23)8-11/h3-10H,2H2,1H3,(H,24,25,26). The highest BCUT2D eigenvalue weighted by atomic mass is 35.5. The van der Waals surface area contributed by atoms with Gasteiger partial charge in [0.05, 0.1) is 22.3 Å². The molecule has 30 heavy (non-hydrogen) atoms. The molecular weight excluding hydrogens is 463 g/mol. The molecule has 0 radical (unpaired) electrons. The van der Waals surface area contributed by atoms with Gasteiger partial charge in [0.25, 0.3) is 5.91 Å². The lowest BCUT2D eigenvalue weighted by molar-refractivity contribution is 0.0532. The molecule has 1 amide bonds. The van der Waals surface area contributed by atoms with E-state index in [1.165, 1.54) is 22.7 Å². The van der Waals surface area contributed by atoms with Crippen molar-refractivity contribution in [2.75, 3.05) is 11.9 Å². The number of halogens is 2. The summed E-state index contributed by atoms with van der Waals surface area (Å²) in [4.78, 5) is 29.6. The second-order valence-corrected chi connectivity index (χ2v) is 8.96. The zero-order chi connectivity index (χ0) is 21.3. The number of thiazole rings is 1. The molecule has 1 N–H and O–H groups in total. The minimum absolute atomic E-state index is 0.282. The van der Waals surface area contributed by atoms with Gasteiger partial charge in [0, 0.05) is 21.2 Å². The molecule has 2 heterocycles. The number of fused-ring (bicyclic) bond motifs is 1. The summed E-state index contributed by atoms with van der Waals surface area (Å²) in [6, 6.07) is 12.3. The van der Waals surface area contributed by atoms with Gasteiger partial charge < -0.3 is 4.74 Å². The Labute approximate surface area is 190 Å². The summed E-state index contributed by atoms with van der Waals surface area (Å²) in [7, 11) is 0. The maximum absolute atomic E-state index is 12.7. The molecule has 0 saturated heterocycles. The molecule has 152 valence electrons. The van der Waals surface area contributed by atoms with Crippen molar-refractivity contribution in [3.8, 4) is 11.3 Å². The fourth-order valence-corrected chi connectivity index (χ4v) is 4.73. The fraction of sp³-hybridized carbons (Fsp3) is 0.0952. The molecule has 0 saturated carbocycles. The molecule has 2 aromatic carbocycles. The van der Waals surface area contributed by atoms with E-state index in [9.17, 15) is 9.59 Å². The molecule has 0 aliphatic carbocycles. The number of ether oxygens (including phenoxy) is 1. The van der Waals surface area contributed by atoms with Crippen LogP contribution in [-0.4, -0.2) is 23.5 Å². The number of aromatic nitrogens is 1.